The van der Waals surface area contributed by atoms with Gasteiger partial charge in [0.1, 0.15) is 0 Å². The number of allylic oxidation sites excluding steroid dienone is 2. The minimum Gasteiger partial charge on any atom is -0.366 e. The van der Waals surface area contributed by atoms with Crippen molar-refractivity contribution in [3.63, 3.8) is 0 Å². The van der Waals surface area contributed by atoms with Crippen LogP contribution in [0.1, 0.15) is 10.4 Å². The Labute approximate surface area is 110 Å². The predicted molar refractivity (Wildman–Crippen MR) is 70.6 cm³/mol. The van der Waals surface area contributed by atoms with Crippen LogP contribution in [0.3, 0.4) is 0 Å². The fourth-order valence-electron chi connectivity index (χ4n) is 1.65. The minimum absolute atomic E-state index is 0.0689. The highest BCUT2D eigenvalue weighted by atomic mass is 35.5. The predicted octanol–water partition coefficient (Wildman–Crippen LogP) is 3.56. The van der Waals surface area contributed by atoms with Crippen molar-refractivity contribution in [3.8, 4) is 0 Å². The van der Waals surface area contributed by atoms with Gasteiger partial charge in [-0.1, -0.05) is 41.4 Å². The summed E-state index contributed by atoms with van der Waals surface area (Å²) in [6.07, 6.45) is 7.71. The summed E-state index contributed by atoms with van der Waals surface area (Å²) >= 11 is 12.0. The first-order valence-corrected chi connectivity index (χ1v) is 5.98. The largest absolute Gasteiger partial charge is 0.366 e. The highest BCUT2D eigenvalue weighted by Crippen LogP contribution is 2.25. The Bertz CT molecular complexity index is 474. The van der Waals surface area contributed by atoms with Gasteiger partial charge in [0.05, 0.1) is 22.2 Å². The summed E-state index contributed by atoms with van der Waals surface area (Å²) in [5, 5.41) is 0.804. The van der Waals surface area contributed by atoms with Gasteiger partial charge in [-0.2, -0.15) is 0 Å². The number of ketones is 1. The van der Waals surface area contributed by atoms with Gasteiger partial charge in [0, 0.05) is 6.54 Å². The Morgan fingerprint density at radius 2 is 1.94 bits per heavy atom. The molecule has 17 heavy (non-hydrogen) atoms. The van der Waals surface area contributed by atoms with Gasteiger partial charge < -0.3 is 4.90 Å². The maximum Gasteiger partial charge on any atom is 0.185 e. The Hall–Kier alpha value is -1.25. The normalized spacial score (nSPS) is 14.1. The van der Waals surface area contributed by atoms with E-state index < -0.39 is 0 Å². The molecule has 0 saturated heterocycles. The maximum atomic E-state index is 12.1. The molecule has 2 rings (SSSR count). The van der Waals surface area contributed by atoms with Gasteiger partial charge in [-0.05, 0) is 24.4 Å². The van der Waals surface area contributed by atoms with E-state index in [-0.39, 0.29) is 12.3 Å². The lowest BCUT2D eigenvalue weighted by Crippen LogP contribution is -2.26. The number of Topliss-reactive ketones (excluding diaryl/α,β-unsaturated/α-hetero) is 1. The summed E-state index contributed by atoms with van der Waals surface area (Å²) in [5.74, 6) is -0.0689. The van der Waals surface area contributed by atoms with Crippen molar-refractivity contribution in [2.24, 2.45) is 0 Å². The Morgan fingerprint density at radius 1 is 1.24 bits per heavy atom. The van der Waals surface area contributed by atoms with Gasteiger partial charge in [-0.25, -0.2) is 0 Å². The number of hydrogen-bond acceptors (Lipinski definition) is 2. The van der Waals surface area contributed by atoms with E-state index in [0.717, 1.165) is 6.54 Å². The van der Waals surface area contributed by atoms with Crippen LogP contribution in [0.25, 0.3) is 0 Å². The second-order valence-electron chi connectivity index (χ2n) is 3.72. The van der Waals surface area contributed by atoms with Crippen molar-refractivity contribution in [3.05, 3.63) is 58.2 Å². The van der Waals surface area contributed by atoms with Gasteiger partial charge in [0.25, 0.3) is 0 Å². The van der Waals surface area contributed by atoms with E-state index >= 15 is 0 Å². The minimum atomic E-state index is -0.0689. The molecule has 0 N–H and O–H groups in total. The second kappa shape index (κ2) is 5.39. The molecule has 4 heteroatoms. The van der Waals surface area contributed by atoms with E-state index in [9.17, 15) is 4.79 Å². The van der Waals surface area contributed by atoms with Crippen LogP contribution in [0.15, 0.2) is 42.6 Å². The van der Waals surface area contributed by atoms with Crippen molar-refractivity contribution in [2.75, 3.05) is 13.1 Å². The zero-order chi connectivity index (χ0) is 12.3. The third-order valence-electron chi connectivity index (χ3n) is 2.47. The van der Waals surface area contributed by atoms with Gasteiger partial charge in [-0.3, -0.25) is 4.79 Å². The monoisotopic (exact) mass is 267 g/mol. The number of benzene rings is 1. The summed E-state index contributed by atoms with van der Waals surface area (Å²) in [6, 6.07) is 5.07. The molecular weight excluding hydrogens is 257 g/mol. The van der Waals surface area contributed by atoms with Gasteiger partial charge >= 0.3 is 0 Å². The Kier molecular flexibility index (Phi) is 3.87. The van der Waals surface area contributed by atoms with Crippen molar-refractivity contribution >= 4 is 29.0 Å². The van der Waals surface area contributed by atoms with Crippen LogP contribution in [-0.4, -0.2) is 23.8 Å². The highest BCUT2D eigenvalue weighted by Gasteiger charge is 2.16. The maximum absolute atomic E-state index is 12.1. The molecule has 0 atom stereocenters. The standard InChI is InChI=1S/C13H11Cl2NO/c14-10-5-4-6-11(15)13(10)12(17)9-16-7-2-1-3-8-16/h1-7H,8-9H2. The molecule has 0 fully saturated rings. The van der Waals surface area contributed by atoms with Crippen molar-refractivity contribution in [2.45, 2.75) is 0 Å². The summed E-state index contributed by atoms with van der Waals surface area (Å²) in [5.41, 5.74) is 0.402. The van der Waals surface area contributed by atoms with E-state index in [4.69, 9.17) is 23.2 Å². The van der Waals surface area contributed by atoms with E-state index in [0.29, 0.717) is 15.6 Å². The van der Waals surface area contributed by atoms with Gasteiger partial charge in [0.2, 0.25) is 0 Å². The molecule has 2 nitrogen and oxygen atoms in total. The number of carbonyl (C=O) groups is 1. The molecule has 1 aliphatic heterocycles. The van der Waals surface area contributed by atoms with E-state index in [1.807, 2.05) is 29.3 Å². The van der Waals surface area contributed by atoms with E-state index in [2.05, 4.69) is 0 Å². The van der Waals surface area contributed by atoms with Crippen molar-refractivity contribution < 1.29 is 4.79 Å². The molecule has 0 amide bonds. The summed E-state index contributed by atoms with van der Waals surface area (Å²) in [4.78, 5) is 14.0. The Morgan fingerprint density at radius 3 is 2.53 bits per heavy atom. The van der Waals surface area contributed by atoms with Crippen LogP contribution in [0.5, 0.6) is 0 Å². The lowest BCUT2D eigenvalue weighted by molar-refractivity contribution is 0.0959. The number of carbonyl (C=O) groups excluding carboxylic acids is 1. The molecule has 1 aliphatic rings. The molecule has 0 unspecified atom stereocenters. The summed E-state index contributed by atoms with van der Waals surface area (Å²) in [6.45, 7) is 1.01. The molecule has 1 aromatic carbocycles. The van der Waals surface area contributed by atoms with Crippen LogP contribution >= 0.6 is 23.2 Å². The molecule has 0 spiro atoms. The molecular formula is C13H11Cl2NO. The van der Waals surface area contributed by atoms with Crippen LogP contribution < -0.4 is 0 Å². The first-order valence-electron chi connectivity index (χ1n) is 5.23. The van der Waals surface area contributed by atoms with E-state index in [1.54, 1.807) is 18.2 Å². The van der Waals surface area contributed by atoms with Crippen molar-refractivity contribution in [1.82, 2.24) is 4.90 Å². The van der Waals surface area contributed by atoms with Crippen LogP contribution in [0.4, 0.5) is 0 Å². The number of halogens is 2. The third kappa shape index (κ3) is 2.90. The molecule has 0 saturated carbocycles. The van der Waals surface area contributed by atoms with Gasteiger partial charge in [0.15, 0.2) is 5.78 Å². The fourth-order valence-corrected chi connectivity index (χ4v) is 2.26. The number of hydrogen-bond donors (Lipinski definition) is 0. The van der Waals surface area contributed by atoms with Crippen LogP contribution in [0.2, 0.25) is 10.0 Å². The summed E-state index contributed by atoms with van der Waals surface area (Å²) < 4.78 is 0. The third-order valence-corrected chi connectivity index (χ3v) is 3.10. The quantitative estimate of drug-likeness (QED) is 0.781. The van der Waals surface area contributed by atoms with Crippen LogP contribution in [-0.2, 0) is 0 Å². The molecule has 1 aromatic rings. The molecule has 0 radical (unpaired) electrons. The molecule has 0 bridgehead atoms. The number of rotatable bonds is 3. The number of nitrogens with zero attached hydrogens (tertiary/aromatic N) is 1. The lowest BCUT2D eigenvalue weighted by atomic mass is 10.1. The van der Waals surface area contributed by atoms with Gasteiger partial charge in [-0.15, -0.1) is 0 Å². The first kappa shape index (κ1) is 12.2. The molecule has 1 heterocycles. The van der Waals surface area contributed by atoms with Crippen molar-refractivity contribution in [1.29, 1.82) is 0 Å². The average Bonchev–Trinajstić information content (AvgIpc) is 2.30. The fraction of sp³-hybridized carbons (Fsp3) is 0.154. The second-order valence-corrected chi connectivity index (χ2v) is 4.53. The lowest BCUT2D eigenvalue weighted by Gasteiger charge is -2.19. The SMILES string of the molecule is O=C(CN1C=CC=CC1)c1c(Cl)cccc1Cl. The average molecular weight is 268 g/mol. The smallest absolute Gasteiger partial charge is 0.185 e. The zero-order valence-corrected chi connectivity index (χ0v) is 10.6. The molecule has 0 aromatic heterocycles. The molecule has 88 valence electrons. The Balaban J connectivity index is 2.15. The summed E-state index contributed by atoms with van der Waals surface area (Å²) in [7, 11) is 0. The zero-order valence-electron chi connectivity index (χ0n) is 9.07. The van der Waals surface area contributed by atoms with E-state index in [1.165, 1.54) is 0 Å². The van der Waals surface area contributed by atoms with Crippen LogP contribution in [0, 0.1) is 0 Å². The first-order chi connectivity index (χ1) is 8.18. The topological polar surface area (TPSA) is 20.3 Å². The molecule has 0 aliphatic carbocycles. The highest BCUT2D eigenvalue weighted by molar-refractivity contribution is 6.39.